The van der Waals surface area contributed by atoms with Gasteiger partial charge in [0.25, 0.3) is 0 Å². The van der Waals surface area contributed by atoms with Crippen LogP contribution in [0.4, 0.5) is 17.5 Å². The summed E-state index contributed by atoms with van der Waals surface area (Å²) in [5.74, 6) is 2.40. The number of nitrogen functional groups attached to an aromatic ring is 1. The summed E-state index contributed by atoms with van der Waals surface area (Å²) in [6, 6.07) is 11.8. The van der Waals surface area contributed by atoms with E-state index < -0.39 is 0 Å². The molecule has 4 aromatic heterocycles. The lowest BCUT2D eigenvalue weighted by Crippen LogP contribution is -2.44. The van der Waals surface area contributed by atoms with Crippen molar-refractivity contribution in [1.29, 1.82) is 0 Å². The van der Waals surface area contributed by atoms with Crippen LogP contribution in [0.3, 0.4) is 0 Å². The smallest absolute Gasteiger partial charge is 0.129 e. The van der Waals surface area contributed by atoms with Gasteiger partial charge in [-0.05, 0) is 49.0 Å². The summed E-state index contributed by atoms with van der Waals surface area (Å²) in [5.41, 5.74) is 9.59. The maximum Gasteiger partial charge on any atom is 0.129 e. The molecule has 5 heterocycles. The first-order valence-corrected chi connectivity index (χ1v) is 11.2. The van der Waals surface area contributed by atoms with Crippen LogP contribution in [0.1, 0.15) is 5.56 Å². The highest BCUT2D eigenvalue weighted by atomic mass is 15.3. The predicted molar refractivity (Wildman–Crippen MR) is 141 cm³/mol. The molecule has 0 aromatic carbocycles. The van der Waals surface area contributed by atoms with Crippen LogP contribution in [-0.2, 0) is 0 Å². The van der Waals surface area contributed by atoms with Crippen molar-refractivity contribution in [2.24, 2.45) is 0 Å². The summed E-state index contributed by atoms with van der Waals surface area (Å²) in [7, 11) is 4.00. The third-order valence-corrected chi connectivity index (χ3v) is 5.78. The van der Waals surface area contributed by atoms with Crippen molar-refractivity contribution in [1.82, 2.24) is 24.8 Å². The van der Waals surface area contributed by atoms with E-state index in [1.807, 2.05) is 43.7 Å². The van der Waals surface area contributed by atoms with Gasteiger partial charge in [-0.25, -0.2) is 15.0 Å². The minimum absolute atomic E-state index is 0.513. The van der Waals surface area contributed by atoms with Crippen LogP contribution < -0.4 is 16.0 Å². The molecule has 1 aliphatic heterocycles. The summed E-state index contributed by atoms with van der Waals surface area (Å²) in [6.07, 6.45) is 9.03. The third kappa shape index (κ3) is 5.65. The Morgan fingerprint density at radius 3 is 2.41 bits per heavy atom. The van der Waals surface area contributed by atoms with Crippen molar-refractivity contribution in [3.63, 3.8) is 0 Å². The van der Waals surface area contributed by atoms with Gasteiger partial charge in [0.15, 0.2) is 0 Å². The molecule has 8 nitrogen and oxygen atoms in total. The van der Waals surface area contributed by atoms with Crippen LogP contribution in [0.2, 0.25) is 0 Å². The molecule has 0 amide bonds. The molecule has 174 valence electrons. The van der Waals surface area contributed by atoms with Gasteiger partial charge in [-0.2, -0.15) is 0 Å². The molecular weight excluding hydrogens is 424 g/mol. The molecule has 0 bridgehead atoms. The van der Waals surface area contributed by atoms with Crippen LogP contribution in [0, 0.1) is 0 Å². The van der Waals surface area contributed by atoms with Crippen LogP contribution in [-0.4, -0.2) is 65.1 Å². The Morgan fingerprint density at radius 2 is 1.71 bits per heavy atom. The molecule has 0 atom stereocenters. The van der Waals surface area contributed by atoms with E-state index >= 15 is 0 Å². The van der Waals surface area contributed by atoms with Gasteiger partial charge < -0.3 is 20.9 Å². The highest BCUT2D eigenvalue weighted by molar-refractivity contribution is 5.84. The van der Waals surface area contributed by atoms with E-state index in [-0.39, 0.29) is 0 Å². The van der Waals surface area contributed by atoms with Gasteiger partial charge in [-0.1, -0.05) is 12.7 Å². The molecule has 0 spiro atoms. The van der Waals surface area contributed by atoms with Gasteiger partial charge >= 0.3 is 0 Å². The number of anilines is 3. The van der Waals surface area contributed by atoms with Crippen molar-refractivity contribution in [3.05, 3.63) is 73.3 Å². The van der Waals surface area contributed by atoms with Crippen molar-refractivity contribution < 1.29 is 0 Å². The van der Waals surface area contributed by atoms with Gasteiger partial charge in [-0.3, -0.25) is 4.98 Å². The lowest BCUT2D eigenvalue weighted by atomic mass is 10.1. The number of hydrogen-bond acceptors (Lipinski definition) is 8. The van der Waals surface area contributed by atoms with Crippen molar-refractivity contribution in [2.75, 3.05) is 56.2 Å². The average molecular weight is 455 g/mol. The third-order valence-electron chi connectivity index (χ3n) is 5.78. The Morgan fingerprint density at radius 1 is 0.912 bits per heavy atom. The zero-order chi connectivity index (χ0) is 23.9. The molecule has 3 N–H and O–H groups in total. The standard InChI is InChI=1S/C14H13N5.C12H17N3/c1-16-14-5-10-4-11(7-17-12(10)8-19-14)9-2-3-13(15)18-6-9;1-3-11-4-5-13-12(10-11)15-8-6-14(2)7-9-15/h2-8H,1H3,(H2,15,18)(H,16,19);3-5,10H,1,6-9H2,2H3. The molecule has 0 aliphatic carbocycles. The predicted octanol–water partition coefficient (Wildman–Crippen LogP) is 3.79. The van der Waals surface area contributed by atoms with Gasteiger partial charge in [0, 0.05) is 68.3 Å². The lowest BCUT2D eigenvalue weighted by Gasteiger charge is -2.33. The van der Waals surface area contributed by atoms with Crippen LogP contribution in [0.5, 0.6) is 0 Å². The first kappa shape index (κ1) is 23.1. The normalized spacial score (nSPS) is 13.8. The van der Waals surface area contributed by atoms with Crippen molar-refractivity contribution in [3.8, 4) is 11.1 Å². The molecule has 0 saturated carbocycles. The van der Waals surface area contributed by atoms with Crippen molar-refractivity contribution >= 4 is 34.4 Å². The van der Waals surface area contributed by atoms with E-state index in [9.17, 15) is 0 Å². The highest BCUT2D eigenvalue weighted by Crippen LogP contribution is 2.23. The Kier molecular flexibility index (Phi) is 7.29. The molecule has 0 unspecified atom stereocenters. The number of likely N-dealkylation sites (N-methyl/N-ethyl adjacent to an activating group) is 1. The van der Waals surface area contributed by atoms with Gasteiger partial charge in [0.05, 0.1) is 11.7 Å². The van der Waals surface area contributed by atoms with E-state index in [1.165, 1.54) is 0 Å². The van der Waals surface area contributed by atoms with Crippen LogP contribution in [0.25, 0.3) is 28.1 Å². The second-order valence-electron chi connectivity index (χ2n) is 8.15. The number of fused-ring (bicyclic) bond motifs is 1. The molecule has 5 rings (SSSR count). The fraction of sp³-hybridized carbons (Fsp3) is 0.231. The summed E-state index contributed by atoms with van der Waals surface area (Å²) in [4.78, 5) is 21.8. The first-order chi connectivity index (χ1) is 16.6. The average Bonchev–Trinajstić information content (AvgIpc) is 2.89. The zero-order valence-corrected chi connectivity index (χ0v) is 19.6. The Hall–Kier alpha value is -4.04. The number of nitrogens with zero attached hydrogens (tertiary/aromatic N) is 6. The fourth-order valence-corrected chi connectivity index (χ4v) is 3.67. The molecule has 1 saturated heterocycles. The SMILES string of the molecule is C=Cc1ccnc(N2CCN(C)CC2)c1.CNc1cc2cc(-c3ccc(N)nc3)cnc2cn1. The summed E-state index contributed by atoms with van der Waals surface area (Å²) in [5, 5.41) is 4.05. The zero-order valence-electron chi connectivity index (χ0n) is 19.6. The number of aromatic nitrogens is 4. The Bertz CT molecular complexity index is 1250. The Labute approximate surface area is 200 Å². The topological polar surface area (TPSA) is 96.1 Å². The fourth-order valence-electron chi connectivity index (χ4n) is 3.67. The molecule has 1 aliphatic rings. The quantitative estimate of drug-likeness (QED) is 0.481. The van der Waals surface area contributed by atoms with E-state index in [2.05, 4.69) is 60.8 Å². The minimum atomic E-state index is 0.513. The molecular formula is C26H30N8. The minimum Gasteiger partial charge on any atom is -0.384 e. The largest absolute Gasteiger partial charge is 0.384 e. The maximum atomic E-state index is 5.59. The molecule has 8 heteroatoms. The van der Waals surface area contributed by atoms with Gasteiger partial charge in [0.1, 0.15) is 17.5 Å². The number of rotatable bonds is 4. The Balaban J connectivity index is 0.000000166. The van der Waals surface area contributed by atoms with E-state index in [0.717, 1.165) is 65.4 Å². The number of nitrogens with one attached hydrogen (secondary N) is 1. The number of nitrogens with two attached hydrogens (primary N) is 1. The summed E-state index contributed by atoms with van der Waals surface area (Å²) >= 11 is 0. The maximum absolute atomic E-state index is 5.59. The van der Waals surface area contributed by atoms with Gasteiger partial charge in [-0.15, -0.1) is 0 Å². The molecule has 0 radical (unpaired) electrons. The second-order valence-corrected chi connectivity index (χ2v) is 8.15. The summed E-state index contributed by atoms with van der Waals surface area (Å²) in [6.45, 7) is 8.12. The molecule has 4 aromatic rings. The van der Waals surface area contributed by atoms with E-state index in [0.29, 0.717) is 5.82 Å². The van der Waals surface area contributed by atoms with Crippen LogP contribution >= 0.6 is 0 Å². The lowest BCUT2D eigenvalue weighted by molar-refractivity contribution is 0.312. The number of pyridine rings is 4. The van der Waals surface area contributed by atoms with E-state index in [1.54, 1.807) is 18.5 Å². The second kappa shape index (κ2) is 10.7. The van der Waals surface area contributed by atoms with Crippen molar-refractivity contribution in [2.45, 2.75) is 0 Å². The van der Waals surface area contributed by atoms with E-state index in [4.69, 9.17) is 5.73 Å². The van der Waals surface area contributed by atoms with Crippen LogP contribution in [0.15, 0.2) is 67.8 Å². The highest BCUT2D eigenvalue weighted by Gasteiger charge is 2.14. The number of hydrogen-bond donors (Lipinski definition) is 2. The first-order valence-electron chi connectivity index (χ1n) is 11.2. The molecule has 1 fully saturated rings. The number of piperazine rings is 1. The monoisotopic (exact) mass is 454 g/mol. The molecule has 34 heavy (non-hydrogen) atoms. The van der Waals surface area contributed by atoms with Gasteiger partial charge in [0.2, 0.25) is 0 Å². The summed E-state index contributed by atoms with van der Waals surface area (Å²) < 4.78 is 0.